The molecule has 0 radical (unpaired) electrons. The van der Waals surface area contributed by atoms with E-state index in [1.807, 2.05) is 48.5 Å². The van der Waals surface area contributed by atoms with Crippen molar-refractivity contribution >= 4 is 5.57 Å². The normalized spacial score (nSPS) is 20.8. The molecule has 0 saturated heterocycles. The van der Waals surface area contributed by atoms with E-state index >= 15 is 4.39 Å². The van der Waals surface area contributed by atoms with Crippen LogP contribution < -0.4 is 4.74 Å². The molecule has 0 heterocycles. The Kier molecular flexibility index (Phi) is 3.09. The number of halogens is 1. The van der Waals surface area contributed by atoms with Gasteiger partial charge in [0.2, 0.25) is 0 Å². The molecule has 0 saturated carbocycles. The quantitative estimate of drug-likeness (QED) is 0.810. The number of ether oxygens (including phenoxy) is 1. The third-order valence-corrected chi connectivity index (χ3v) is 4.00. The summed E-state index contributed by atoms with van der Waals surface area (Å²) in [5.74, 6) is 0.787. The monoisotopic (exact) mass is 268 g/mol. The molecule has 2 aromatic carbocycles. The summed E-state index contributed by atoms with van der Waals surface area (Å²) in [7, 11) is 1.63. The van der Waals surface area contributed by atoms with E-state index in [9.17, 15) is 0 Å². The predicted molar refractivity (Wildman–Crippen MR) is 79.7 cm³/mol. The summed E-state index contributed by atoms with van der Waals surface area (Å²) in [5, 5.41) is 0. The van der Waals surface area contributed by atoms with Crippen molar-refractivity contribution in [2.24, 2.45) is 0 Å². The summed E-state index contributed by atoms with van der Waals surface area (Å²) in [5.41, 5.74) is 2.20. The first-order chi connectivity index (χ1) is 9.62. The maximum absolute atomic E-state index is 15.2. The molecule has 1 atom stereocenters. The second-order valence-electron chi connectivity index (χ2n) is 5.30. The minimum Gasteiger partial charge on any atom is -0.497 e. The maximum Gasteiger partial charge on any atom is 0.144 e. The first-order valence-corrected chi connectivity index (χ1v) is 6.72. The Morgan fingerprint density at radius 3 is 2.50 bits per heavy atom. The molecule has 102 valence electrons. The van der Waals surface area contributed by atoms with Crippen molar-refractivity contribution in [3.8, 4) is 5.75 Å². The second kappa shape index (κ2) is 4.78. The lowest BCUT2D eigenvalue weighted by Gasteiger charge is -2.21. The van der Waals surface area contributed by atoms with Gasteiger partial charge in [-0.1, -0.05) is 43.0 Å². The average molecular weight is 268 g/mol. The summed E-state index contributed by atoms with van der Waals surface area (Å²) < 4.78 is 20.4. The molecule has 0 bridgehead atoms. The topological polar surface area (TPSA) is 9.23 Å². The number of allylic oxidation sites excluding steroid dienone is 1. The number of alkyl halides is 1. The van der Waals surface area contributed by atoms with Crippen LogP contribution in [0.5, 0.6) is 5.75 Å². The van der Waals surface area contributed by atoms with E-state index in [1.165, 1.54) is 0 Å². The molecule has 1 unspecified atom stereocenters. The Bertz CT molecular complexity index is 645. The molecule has 2 aromatic rings. The zero-order chi connectivity index (χ0) is 14.2. The summed E-state index contributed by atoms with van der Waals surface area (Å²) in [6.07, 6.45) is 0.762. The molecule has 0 amide bonds. The minimum absolute atomic E-state index is 0.352. The van der Waals surface area contributed by atoms with Gasteiger partial charge in [0.25, 0.3) is 0 Å². The van der Waals surface area contributed by atoms with Gasteiger partial charge >= 0.3 is 0 Å². The van der Waals surface area contributed by atoms with Gasteiger partial charge < -0.3 is 4.74 Å². The number of hydrogen-bond donors (Lipinski definition) is 0. The lowest BCUT2D eigenvalue weighted by atomic mass is 9.90. The molecule has 1 nitrogen and oxygen atoms in total. The Morgan fingerprint density at radius 1 is 1.15 bits per heavy atom. The fourth-order valence-electron chi connectivity index (χ4n) is 2.85. The van der Waals surface area contributed by atoms with Gasteiger partial charge in [-0.3, -0.25) is 0 Å². The van der Waals surface area contributed by atoms with Crippen molar-refractivity contribution in [3.63, 3.8) is 0 Å². The molecule has 0 fully saturated rings. The van der Waals surface area contributed by atoms with Crippen LogP contribution in [0.25, 0.3) is 5.57 Å². The van der Waals surface area contributed by atoms with E-state index in [4.69, 9.17) is 4.74 Å². The zero-order valence-corrected chi connectivity index (χ0v) is 11.5. The Labute approximate surface area is 118 Å². The summed E-state index contributed by atoms with van der Waals surface area (Å²) in [6, 6.07) is 15.4. The van der Waals surface area contributed by atoms with Crippen molar-refractivity contribution in [2.75, 3.05) is 7.11 Å². The number of methoxy groups -OCH3 is 1. The standard InChI is InChI=1S/C18H17FO/c1-13-17-6-4-3-5-15(17)12-18(13,19)11-14-7-9-16(20-2)10-8-14/h3-10H,1,11-12H2,2H3. The Balaban J connectivity index is 1.86. The summed E-state index contributed by atoms with van der Waals surface area (Å²) in [6.45, 7) is 3.98. The molecule has 2 heteroatoms. The zero-order valence-electron chi connectivity index (χ0n) is 11.5. The van der Waals surface area contributed by atoms with E-state index in [0.29, 0.717) is 18.4 Å². The van der Waals surface area contributed by atoms with Crippen molar-refractivity contribution in [1.82, 2.24) is 0 Å². The molecule has 0 aliphatic heterocycles. The highest BCUT2D eigenvalue weighted by Gasteiger charge is 2.40. The van der Waals surface area contributed by atoms with Gasteiger partial charge in [-0.15, -0.1) is 0 Å². The molecule has 0 spiro atoms. The maximum atomic E-state index is 15.2. The molecule has 1 aliphatic carbocycles. The van der Waals surface area contributed by atoms with Gasteiger partial charge in [0, 0.05) is 12.8 Å². The van der Waals surface area contributed by atoms with Crippen molar-refractivity contribution < 1.29 is 9.13 Å². The van der Waals surface area contributed by atoms with Crippen LogP contribution in [-0.2, 0) is 12.8 Å². The molecule has 3 rings (SSSR count). The van der Waals surface area contributed by atoms with Crippen LogP contribution in [0.3, 0.4) is 0 Å². The third kappa shape index (κ3) is 2.11. The van der Waals surface area contributed by atoms with Crippen LogP contribution in [0.1, 0.15) is 16.7 Å². The Hall–Kier alpha value is -2.09. The van der Waals surface area contributed by atoms with Crippen LogP contribution in [0, 0.1) is 0 Å². The van der Waals surface area contributed by atoms with Crippen molar-refractivity contribution in [1.29, 1.82) is 0 Å². The first-order valence-electron chi connectivity index (χ1n) is 6.72. The van der Waals surface area contributed by atoms with Crippen molar-refractivity contribution in [3.05, 3.63) is 71.8 Å². The minimum atomic E-state index is -1.38. The van der Waals surface area contributed by atoms with E-state index < -0.39 is 5.67 Å². The van der Waals surface area contributed by atoms with E-state index in [0.717, 1.165) is 22.4 Å². The molecule has 0 aromatic heterocycles. The number of benzene rings is 2. The second-order valence-corrected chi connectivity index (χ2v) is 5.30. The van der Waals surface area contributed by atoms with Gasteiger partial charge in [0.1, 0.15) is 11.4 Å². The van der Waals surface area contributed by atoms with Gasteiger partial charge in [-0.25, -0.2) is 4.39 Å². The highest BCUT2D eigenvalue weighted by molar-refractivity contribution is 5.78. The highest BCUT2D eigenvalue weighted by Crippen LogP contribution is 2.43. The summed E-state index contributed by atoms with van der Waals surface area (Å²) in [4.78, 5) is 0. The van der Waals surface area contributed by atoms with Crippen LogP contribution >= 0.6 is 0 Å². The molecular formula is C18H17FO. The fourth-order valence-corrected chi connectivity index (χ4v) is 2.85. The molecule has 0 N–H and O–H groups in total. The van der Waals surface area contributed by atoms with Crippen LogP contribution in [0.15, 0.2) is 55.1 Å². The van der Waals surface area contributed by atoms with Crippen LogP contribution in [0.4, 0.5) is 4.39 Å². The van der Waals surface area contributed by atoms with Crippen LogP contribution in [-0.4, -0.2) is 12.8 Å². The van der Waals surface area contributed by atoms with E-state index in [-0.39, 0.29) is 0 Å². The van der Waals surface area contributed by atoms with Crippen LogP contribution in [0.2, 0.25) is 0 Å². The molecular weight excluding hydrogens is 251 g/mol. The SMILES string of the molecule is C=C1c2ccccc2CC1(F)Cc1ccc(OC)cc1. The van der Waals surface area contributed by atoms with E-state index in [2.05, 4.69) is 6.58 Å². The lowest BCUT2D eigenvalue weighted by Crippen LogP contribution is -2.25. The fraction of sp³-hybridized carbons (Fsp3) is 0.222. The molecule has 1 aliphatic rings. The third-order valence-electron chi connectivity index (χ3n) is 4.00. The predicted octanol–water partition coefficient (Wildman–Crippen LogP) is 4.22. The average Bonchev–Trinajstić information content (AvgIpc) is 2.72. The van der Waals surface area contributed by atoms with Gasteiger partial charge in [0.15, 0.2) is 0 Å². The number of fused-ring (bicyclic) bond motifs is 1. The van der Waals surface area contributed by atoms with E-state index in [1.54, 1.807) is 7.11 Å². The largest absolute Gasteiger partial charge is 0.497 e. The summed E-state index contributed by atoms with van der Waals surface area (Å²) >= 11 is 0. The number of hydrogen-bond acceptors (Lipinski definition) is 1. The van der Waals surface area contributed by atoms with Gasteiger partial charge in [-0.2, -0.15) is 0 Å². The first kappa shape index (κ1) is 12.9. The highest BCUT2D eigenvalue weighted by atomic mass is 19.1. The van der Waals surface area contributed by atoms with Gasteiger partial charge in [0.05, 0.1) is 7.11 Å². The molecule has 20 heavy (non-hydrogen) atoms. The Morgan fingerprint density at radius 2 is 1.85 bits per heavy atom. The lowest BCUT2D eigenvalue weighted by molar-refractivity contribution is 0.250. The van der Waals surface area contributed by atoms with Crippen molar-refractivity contribution in [2.45, 2.75) is 18.5 Å². The van der Waals surface area contributed by atoms with Gasteiger partial charge in [-0.05, 0) is 34.4 Å². The number of rotatable bonds is 3. The smallest absolute Gasteiger partial charge is 0.144 e.